The van der Waals surface area contributed by atoms with Gasteiger partial charge in [-0.1, -0.05) is 29.8 Å². The molecule has 24 heavy (non-hydrogen) atoms. The van der Waals surface area contributed by atoms with Crippen molar-refractivity contribution in [2.45, 2.75) is 38.7 Å². The maximum atomic E-state index is 13.0. The van der Waals surface area contributed by atoms with Crippen LogP contribution in [0.2, 0.25) is 0 Å². The lowest BCUT2D eigenvalue weighted by Crippen LogP contribution is -2.47. The molecule has 2 heterocycles. The van der Waals surface area contributed by atoms with Crippen molar-refractivity contribution < 1.29 is 19.4 Å². The van der Waals surface area contributed by atoms with E-state index < -0.39 is 11.9 Å². The number of carboxylic acids is 1. The van der Waals surface area contributed by atoms with Crippen molar-refractivity contribution in [1.82, 2.24) is 4.90 Å². The average Bonchev–Trinajstić information content (AvgIpc) is 2.62. The van der Waals surface area contributed by atoms with Gasteiger partial charge in [-0.2, -0.15) is 0 Å². The highest BCUT2D eigenvalue weighted by atomic mass is 16.5. The van der Waals surface area contributed by atoms with Crippen LogP contribution < -0.4 is 0 Å². The summed E-state index contributed by atoms with van der Waals surface area (Å²) in [4.78, 5) is 26.0. The number of hydrogen-bond acceptors (Lipinski definition) is 3. The second-order valence-corrected chi connectivity index (χ2v) is 6.91. The van der Waals surface area contributed by atoms with Crippen LogP contribution in [0.25, 0.3) is 0 Å². The van der Waals surface area contributed by atoms with E-state index in [1.807, 2.05) is 31.2 Å². The average molecular weight is 331 g/mol. The van der Waals surface area contributed by atoms with Crippen LogP contribution in [0, 0.1) is 18.8 Å². The Balaban J connectivity index is 1.76. The fourth-order valence-corrected chi connectivity index (χ4v) is 3.73. The Bertz CT molecular complexity index is 598. The van der Waals surface area contributed by atoms with Gasteiger partial charge < -0.3 is 14.7 Å². The van der Waals surface area contributed by atoms with Gasteiger partial charge in [0.2, 0.25) is 5.91 Å². The van der Waals surface area contributed by atoms with E-state index in [1.165, 1.54) is 5.56 Å². The minimum Gasteiger partial charge on any atom is -0.481 e. The predicted octanol–water partition coefficient (Wildman–Crippen LogP) is 2.79. The standard InChI is InChI=1S/C19H25NO4/c1-13-6-8-14(9-7-13)17-16(5-3-11-24-17)18(21)20-10-2-4-15(12-20)19(22)23/h6-9,15-17H,2-5,10-12H2,1H3,(H,22,23). The number of carboxylic acid groups (broad SMARTS) is 1. The number of carbonyl (C=O) groups excluding carboxylic acids is 1. The third-order valence-electron chi connectivity index (χ3n) is 5.13. The Labute approximate surface area is 142 Å². The van der Waals surface area contributed by atoms with Gasteiger partial charge in [0.1, 0.15) is 0 Å². The summed E-state index contributed by atoms with van der Waals surface area (Å²) in [6.45, 7) is 3.68. The topological polar surface area (TPSA) is 66.8 Å². The van der Waals surface area contributed by atoms with Crippen LogP contribution in [0.3, 0.4) is 0 Å². The van der Waals surface area contributed by atoms with Gasteiger partial charge in [0, 0.05) is 19.7 Å². The lowest BCUT2D eigenvalue weighted by Gasteiger charge is -2.37. The largest absolute Gasteiger partial charge is 0.481 e. The van der Waals surface area contributed by atoms with Crippen molar-refractivity contribution >= 4 is 11.9 Å². The molecule has 0 aliphatic carbocycles. The lowest BCUT2D eigenvalue weighted by molar-refractivity contribution is -0.151. The molecule has 1 amide bonds. The molecule has 2 fully saturated rings. The molecular formula is C19H25NO4. The number of piperidine rings is 1. The zero-order chi connectivity index (χ0) is 17.1. The molecule has 1 N–H and O–H groups in total. The van der Waals surface area contributed by atoms with Crippen LogP contribution in [0.1, 0.15) is 42.9 Å². The van der Waals surface area contributed by atoms with Gasteiger partial charge in [0.05, 0.1) is 17.9 Å². The van der Waals surface area contributed by atoms with E-state index in [-0.39, 0.29) is 17.9 Å². The molecule has 3 unspecified atom stereocenters. The molecule has 0 spiro atoms. The van der Waals surface area contributed by atoms with Crippen LogP contribution >= 0.6 is 0 Å². The number of ether oxygens (including phenoxy) is 1. The fourth-order valence-electron chi connectivity index (χ4n) is 3.73. The predicted molar refractivity (Wildman–Crippen MR) is 89.5 cm³/mol. The maximum Gasteiger partial charge on any atom is 0.308 e. The fraction of sp³-hybridized carbons (Fsp3) is 0.579. The highest BCUT2D eigenvalue weighted by Crippen LogP contribution is 2.35. The normalized spacial score (nSPS) is 27.7. The zero-order valence-corrected chi connectivity index (χ0v) is 14.1. The molecule has 2 saturated heterocycles. The van der Waals surface area contributed by atoms with E-state index in [2.05, 4.69) is 0 Å². The van der Waals surface area contributed by atoms with Crippen LogP contribution in [0.15, 0.2) is 24.3 Å². The molecule has 0 aromatic heterocycles. The van der Waals surface area contributed by atoms with Crippen molar-refractivity contribution in [3.63, 3.8) is 0 Å². The molecule has 1 aromatic carbocycles. The highest BCUT2D eigenvalue weighted by molar-refractivity contribution is 5.81. The summed E-state index contributed by atoms with van der Waals surface area (Å²) in [5.41, 5.74) is 2.21. The summed E-state index contributed by atoms with van der Waals surface area (Å²) in [7, 11) is 0. The number of likely N-dealkylation sites (tertiary alicyclic amines) is 1. The Morgan fingerprint density at radius 2 is 1.92 bits per heavy atom. The van der Waals surface area contributed by atoms with Gasteiger partial charge >= 0.3 is 5.97 Å². The first kappa shape index (κ1) is 17.0. The summed E-state index contributed by atoms with van der Waals surface area (Å²) in [6, 6.07) is 8.14. The first-order chi connectivity index (χ1) is 11.6. The van der Waals surface area contributed by atoms with E-state index >= 15 is 0 Å². The molecule has 0 saturated carbocycles. The smallest absolute Gasteiger partial charge is 0.308 e. The Kier molecular flexibility index (Phi) is 5.19. The number of nitrogens with zero attached hydrogens (tertiary/aromatic N) is 1. The van der Waals surface area contributed by atoms with Gasteiger partial charge in [-0.25, -0.2) is 0 Å². The number of aryl methyl sites for hydroxylation is 1. The van der Waals surface area contributed by atoms with Crippen molar-refractivity contribution in [3.8, 4) is 0 Å². The molecular weight excluding hydrogens is 306 g/mol. The molecule has 5 heteroatoms. The van der Waals surface area contributed by atoms with E-state index in [4.69, 9.17) is 4.74 Å². The number of amides is 1. The highest BCUT2D eigenvalue weighted by Gasteiger charge is 2.38. The van der Waals surface area contributed by atoms with E-state index in [0.29, 0.717) is 26.1 Å². The van der Waals surface area contributed by atoms with Gasteiger partial charge in [0.25, 0.3) is 0 Å². The van der Waals surface area contributed by atoms with Crippen molar-refractivity contribution in [3.05, 3.63) is 35.4 Å². The van der Waals surface area contributed by atoms with Crippen LogP contribution in [0.5, 0.6) is 0 Å². The maximum absolute atomic E-state index is 13.0. The number of hydrogen-bond donors (Lipinski definition) is 1. The summed E-state index contributed by atoms with van der Waals surface area (Å²) in [5.74, 6) is -1.41. The van der Waals surface area contributed by atoms with Gasteiger partial charge in [-0.3, -0.25) is 9.59 Å². The second kappa shape index (κ2) is 7.34. The zero-order valence-electron chi connectivity index (χ0n) is 14.1. The van der Waals surface area contributed by atoms with Crippen LogP contribution in [-0.4, -0.2) is 41.6 Å². The summed E-state index contributed by atoms with van der Waals surface area (Å²) in [6.07, 6.45) is 2.85. The number of aliphatic carboxylic acids is 1. The van der Waals surface area contributed by atoms with Crippen LogP contribution in [0.4, 0.5) is 0 Å². The van der Waals surface area contributed by atoms with Crippen LogP contribution in [-0.2, 0) is 14.3 Å². The third-order valence-corrected chi connectivity index (χ3v) is 5.13. The molecule has 0 bridgehead atoms. The molecule has 2 aliphatic heterocycles. The first-order valence-corrected chi connectivity index (χ1v) is 8.76. The minimum absolute atomic E-state index is 0.0474. The molecule has 2 aliphatic rings. The molecule has 5 nitrogen and oxygen atoms in total. The number of rotatable bonds is 3. The number of benzene rings is 1. The monoisotopic (exact) mass is 331 g/mol. The Morgan fingerprint density at radius 3 is 2.62 bits per heavy atom. The summed E-state index contributed by atoms with van der Waals surface area (Å²) >= 11 is 0. The lowest BCUT2D eigenvalue weighted by atomic mass is 9.87. The third kappa shape index (κ3) is 3.61. The SMILES string of the molecule is Cc1ccc(C2OCCCC2C(=O)N2CCCC(C(=O)O)C2)cc1. The molecule has 1 aromatic rings. The van der Waals surface area contributed by atoms with E-state index in [9.17, 15) is 14.7 Å². The second-order valence-electron chi connectivity index (χ2n) is 6.91. The van der Waals surface area contributed by atoms with E-state index in [0.717, 1.165) is 24.8 Å². The van der Waals surface area contributed by atoms with Crippen molar-refractivity contribution in [2.24, 2.45) is 11.8 Å². The van der Waals surface area contributed by atoms with Gasteiger partial charge in [0.15, 0.2) is 0 Å². The summed E-state index contributed by atoms with van der Waals surface area (Å²) in [5, 5.41) is 9.24. The number of carbonyl (C=O) groups is 2. The molecule has 0 radical (unpaired) electrons. The van der Waals surface area contributed by atoms with Crippen molar-refractivity contribution in [2.75, 3.05) is 19.7 Å². The molecule has 130 valence electrons. The van der Waals surface area contributed by atoms with Gasteiger partial charge in [-0.05, 0) is 38.2 Å². The summed E-state index contributed by atoms with van der Waals surface area (Å²) < 4.78 is 5.94. The molecule has 3 rings (SSSR count). The molecule has 3 atom stereocenters. The van der Waals surface area contributed by atoms with Gasteiger partial charge in [-0.15, -0.1) is 0 Å². The van der Waals surface area contributed by atoms with E-state index in [1.54, 1.807) is 4.90 Å². The first-order valence-electron chi connectivity index (χ1n) is 8.76. The Morgan fingerprint density at radius 1 is 1.17 bits per heavy atom. The Hall–Kier alpha value is -1.88. The minimum atomic E-state index is -0.803. The van der Waals surface area contributed by atoms with Crippen molar-refractivity contribution in [1.29, 1.82) is 0 Å². The quantitative estimate of drug-likeness (QED) is 0.925.